The number of pyridine rings is 1. The molecule has 212 valence electrons. The fourth-order valence-electron chi connectivity index (χ4n) is 5.44. The molecule has 4 N–H and O–H groups in total. The Morgan fingerprint density at radius 1 is 1.15 bits per heavy atom. The summed E-state index contributed by atoms with van der Waals surface area (Å²) in [4.78, 5) is 27.2. The molecule has 1 saturated carbocycles. The van der Waals surface area contributed by atoms with Crippen LogP contribution in [0.3, 0.4) is 0 Å². The summed E-state index contributed by atoms with van der Waals surface area (Å²) in [5.74, 6) is -1.23. The Bertz CT molecular complexity index is 1150. The summed E-state index contributed by atoms with van der Waals surface area (Å²) < 4.78 is 45.6. The molecule has 2 aromatic rings. The molecule has 1 aliphatic heterocycles. The van der Waals surface area contributed by atoms with E-state index in [0.717, 1.165) is 41.3 Å². The Hall–Kier alpha value is -3.22. The van der Waals surface area contributed by atoms with Gasteiger partial charge in [-0.2, -0.15) is 13.2 Å². The highest BCUT2D eigenvalue weighted by Gasteiger charge is 2.42. The van der Waals surface area contributed by atoms with Crippen molar-refractivity contribution >= 4 is 11.8 Å². The van der Waals surface area contributed by atoms with Gasteiger partial charge >= 0.3 is 6.18 Å². The van der Waals surface area contributed by atoms with Gasteiger partial charge in [-0.25, -0.2) is 0 Å². The van der Waals surface area contributed by atoms with Crippen molar-refractivity contribution in [2.75, 3.05) is 26.2 Å². The van der Waals surface area contributed by atoms with Gasteiger partial charge in [-0.15, -0.1) is 0 Å². The molecule has 2 amide bonds. The lowest BCUT2D eigenvalue weighted by molar-refractivity contribution is -0.904. The highest BCUT2D eigenvalue weighted by atomic mass is 19.4. The Balaban J connectivity index is 1.30. The Morgan fingerprint density at radius 3 is 2.49 bits per heavy atom. The van der Waals surface area contributed by atoms with E-state index in [1.807, 2.05) is 6.92 Å². The van der Waals surface area contributed by atoms with Crippen LogP contribution in [0.15, 0.2) is 48.8 Å². The Morgan fingerprint density at radius 2 is 1.85 bits per heavy atom. The number of aliphatic hydroxyl groups is 1. The molecule has 2 heterocycles. The summed E-state index contributed by atoms with van der Waals surface area (Å²) in [5, 5.41) is 25.9. The third-order valence-corrected chi connectivity index (χ3v) is 7.53. The summed E-state index contributed by atoms with van der Waals surface area (Å²) in [6.45, 7) is 3.09. The van der Waals surface area contributed by atoms with Gasteiger partial charge in [-0.3, -0.25) is 19.7 Å². The van der Waals surface area contributed by atoms with E-state index in [9.17, 15) is 33.1 Å². The van der Waals surface area contributed by atoms with Crippen molar-refractivity contribution < 1.29 is 42.5 Å². The van der Waals surface area contributed by atoms with E-state index in [2.05, 4.69) is 15.5 Å². The molecule has 2 aliphatic rings. The number of carbonyl (C=O) groups excluding carboxylic acids is 2. The molecule has 12 heteroatoms. The highest BCUT2D eigenvalue weighted by molar-refractivity contribution is 5.96. The van der Waals surface area contributed by atoms with Crippen molar-refractivity contribution in [1.82, 2.24) is 15.5 Å². The van der Waals surface area contributed by atoms with Crippen LogP contribution in [0.4, 0.5) is 13.2 Å². The summed E-state index contributed by atoms with van der Waals surface area (Å²) >= 11 is 0. The zero-order chi connectivity index (χ0) is 28.2. The summed E-state index contributed by atoms with van der Waals surface area (Å²) in [5.41, 5.74) is -1.32. The van der Waals surface area contributed by atoms with E-state index in [0.29, 0.717) is 32.5 Å². The van der Waals surface area contributed by atoms with Gasteiger partial charge in [0.25, 0.3) is 5.91 Å². The van der Waals surface area contributed by atoms with Gasteiger partial charge in [0.15, 0.2) is 0 Å². The maximum Gasteiger partial charge on any atom is 0.416 e. The number of rotatable bonds is 8. The first-order chi connectivity index (χ1) is 18.5. The number of nitrogens with zero attached hydrogens (tertiary/aromatic N) is 2. The van der Waals surface area contributed by atoms with Crippen molar-refractivity contribution in [3.05, 3.63) is 65.5 Å². The number of halogens is 3. The number of carbonyl (C=O) groups is 2. The molecule has 0 radical (unpaired) electrons. The first-order valence-corrected chi connectivity index (χ1v) is 13.0. The number of ether oxygens (including phenoxy) is 1. The third kappa shape index (κ3) is 7.06. The fourth-order valence-corrected chi connectivity index (χ4v) is 5.44. The molecule has 2 atom stereocenters. The topological polar surface area (TPSA) is 115 Å². The van der Waals surface area contributed by atoms with E-state index in [1.165, 1.54) is 18.5 Å². The summed E-state index contributed by atoms with van der Waals surface area (Å²) in [6, 6.07) is 7.32. The predicted octanol–water partition coefficient (Wildman–Crippen LogP) is 2.00. The zero-order valence-corrected chi connectivity index (χ0v) is 21.7. The van der Waals surface area contributed by atoms with Crippen molar-refractivity contribution in [2.24, 2.45) is 0 Å². The average molecular weight is 552 g/mol. The van der Waals surface area contributed by atoms with Gasteiger partial charge < -0.3 is 20.5 Å². The first-order valence-electron chi connectivity index (χ1n) is 13.0. The van der Waals surface area contributed by atoms with Crippen LogP contribution in [0.2, 0.25) is 0 Å². The Labute approximate surface area is 224 Å². The third-order valence-electron chi connectivity index (χ3n) is 7.53. The molecule has 4 rings (SSSR count). The molecule has 1 saturated heterocycles. The number of aromatic nitrogens is 1. The van der Waals surface area contributed by atoms with Crippen molar-refractivity contribution in [1.29, 1.82) is 0 Å². The molecule has 2 fully saturated rings. The lowest BCUT2D eigenvalue weighted by atomic mass is 9.77. The Kier molecular flexibility index (Phi) is 8.77. The van der Waals surface area contributed by atoms with E-state index < -0.39 is 29.2 Å². The fraction of sp³-hybridized carbons (Fsp3) is 0.519. The molecule has 9 nitrogen and oxygen atoms in total. The average Bonchev–Trinajstić information content (AvgIpc) is 3.29. The molecule has 39 heavy (non-hydrogen) atoms. The molecule has 1 aliphatic carbocycles. The minimum Gasteiger partial charge on any atom is -0.385 e. The number of benzene rings is 1. The lowest BCUT2D eigenvalue weighted by Gasteiger charge is -2.39. The maximum absolute atomic E-state index is 12.9. The molecule has 0 bridgehead atoms. The van der Waals surface area contributed by atoms with E-state index >= 15 is 0 Å². The van der Waals surface area contributed by atoms with E-state index in [4.69, 9.17) is 4.74 Å². The van der Waals surface area contributed by atoms with Crippen LogP contribution in [-0.4, -0.2) is 71.5 Å². The van der Waals surface area contributed by atoms with E-state index in [1.54, 1.807) is 12.1 Å². The van der Waals surface area contributed by atoms with Crippen molar-refractivity contribution in [3.8, 4) is 0 Å². The van der Waals surface area contributed by atoms with E-state index in [-0.39, 0.29) is 30.3 Å². The lowest BCUT2D eigenvalue weighted by Crippen LogP contribution is -2.48. The number of alkyl halides is 3. The van der Waals surface area contributed by atoms with Gasteiger partial charge in [-0.05, 0) is 56.4 Å². The molecule has 0 spiro atoms. The van der Waals surface area contributed by atoms with Crippen LogP contribution in [0.1, 0.15) is 54.1 Å². The molecular weight excluding hydrogens is 517 g/mol. The number of likely N-dealkylation sites (tertiary alicyclic amines) is 1. The second kappa shape index (κ2) is 11.9. The SMILES string of the molecule is CCO[C@H]1CN(C2CCC(O)(c3cc[n+](O)cc3)CC2)CC1NC(=O)CNC(=O)c1cccc(C(F)(F)F)c1. The van der Waals surface area contributed by atoms with Gasteiger partial charge in [0.05, 0.1) is 29.9 Å². The quantitative estimate of drug-likeness (QED) is 0.295. The van der Waals surface area contributed by atoms with Crippen molar-refractivity contribution in [3.63, 3.8) is 0 Å². The van der Waals surface area contributed by atoms with Gasteiger partial charge in [0, 0.05) is 48.2 Å². The van der Waals surface area contributed by atoms with Gasteiger partial charge in [0.1, 0.15) is 0 Å². The van der Waals surface area contributed by atoms with Crippen LogP contribution in [0.25, 0.3) is 0 Å². The van der Waals surface area contributed by atoms with Crippen molar-refractivity contribution in [2.45, 2.75) is 62.6 Å². The number of hydrogen-bond donors (Lipinski definition) is 4. The molecule has 1 unspecified atom stereocenters. The summed E-state index contributed by atoms with van der Waals surface area (Å²) in [7, 11) is 0. The normalized spacial score (nSPS) is 25.8. The van der Waals surface area contributed by atoms with Crippen LogP contribution in [-0.2, 0) is 21.3 Å². The molecule has 1 aromatic heterocycles. The molecule has 1 aromatic carbocycles. The van der Waals surface area contributed by atoms with Gasteiger partial charge in [0.2, 0.25) is 18.3 Å². The zero-order valence-electron chi connectivity index (χ0n) is 21.7. The second-order valence-electron chi connectivity index (χ2n) is 10.1. The highest BCUT2D eigenvalue weighted by Crippen LogP contribution is 2.39. The standard InChI is InChI=1S/C27H33F3N4O5/c1-2-39-23-17-33(21-6-10-26(37,11-7-21)19-8-12-34(38)13-9-19)16-22(23)32-24(35)15-31-25(36)18-4-3-5-20(14-18)27(28,29)30/h3-5,8-9,12-14,21-23,37H,2,6-7,10-11,15-17H2,1H3,(H2-,31,32,35,36,38)/p+1/t21?,22?,23-,26?/m0/s1. The van der Waals surface area contributed by atoms with Crippen LogP contribution >= 0.6 is 0 Å². The van der Waals surface area contributed by atoms with Crippen LogP contribution < -0.4 is 15.4 Å². The summed E-state index contributed by atoms with van der Waals surface area (Å²) in [6.07, 6.45) is 0.756. The molecular formula is C27H34F3N4O5+. The second-order valence-corrected chi connectivity index (χ2v) is 10.1. The number of hydrogen-bond acceptors (Lipinski definition) is 6. The van der Waals surface area contributed by atoms with Gasteiger partial charge in [-0.1, -0.05) is 6.07 Å². The largest absolute Gasteiger partial charge is 0.416 e. The van der Waals surface area contributed by atoms with Crippen LogP contribution in [0, 0.1) is 0 Å². The van der Waals surface area contributed by atoms with Crippen LogP contribution in [0.5, 0.6) is 0 Å². The number of amides is 2. The monoisotopic (exact) mass is 551 g/mol. The number of nitrogens with one attached hydrogen (secondary N) is 2. The smallest absolute Gasteiger partial charge is 0.385 e. The maximum atomic E-state index is 12.9. The predicted molar refractivity (Wildman–Crippen MR) is 133 cm³/mol. The minimum absolute atomic E-state index is 0.180. The first kappa shape index (κ1) is 28.8. The minimum atomic E-state index is -4.57.